The second-order valence-corrected chi connectivity index (χ2v) is 13.4. The van der Waals surface area contributed by atoms with Crippen LogP contribution in [0.1, 0.15) is 40.4 Å². The first-order valence-electron chi connectivity index (χ1n) is 15.2. The summed E-state index contributed by atoms with van der Waals surface area (Å²) in [6.07, 6.45) is 1.86. The molecule has 1 amide bonds. The van der Waals surface area contributed by atoms with Gasteiger partial charge in [-0.2, -0.15) is 0 Å². The Morgan fingerprint density at radius 2 is 1.77 bits per heavy atom. The van der Waals surface area contributed by atoms with E-state index in [9.17, 15) is 13.2 Å². The highest BCUT2D eigenvalue weighted by molar-refractivity contribution is 7.89. The van der Waals surface area contributed by atoms with Gasteiger partial charge < -0.3 is 24.6 Å². The Morgan fingerprint density at radius 3 is 2.50 bits per heavy atom. The summed E-state index contributed by atoms with van der Waals surface area (Å²) < 4.78 is 39.5. The molecule has 9 nitrogen and oxygen atoms in total. The molecule has 2 aliphatic rings. The molecule has 0 saturated carbocycles. The fourth-order valence-electron chi connectivity index (χ4n) is 5.78. The maximum absolute atomic E-state index is 14.3. The number of carbonyl (C=O) groups is 1. The molecule has 3 aromatic rings. The molecule has 236 valence electrons. The number of amides is 1. The Balaban J connectivity index is 1.44. The Labute approximate surface area is 265 Å². The van der Waals surface area contributed by atoms with Crippen LogP contribution < -0.4 is 19.7 Å². The van der Waals surface area contributed by atoms with Gasteiger partial charge in [0.15, 0.2) is 0 Å². The van der Waals surface area contributed by atoms with Crippen LogP contribution in [0.25, 0.3) is 0 Å². The van der Waals surface area contributed by atoms with Crippen LogP contribution in [0.2, 0.25) is 5.02 Å². The van der Waals surface area contributed by atoms with Crippen molar-refractivity contribution in [2.24, 2.45) is 0 Å². The molecule has 0 radical (unpaired) electrons. The minimum absolute atomic E-state index is 0.102. The number of fused-ring (bicyclic) bond motifs is 1. The number of benzene rings is 3. The van der Waals surface area contributed by atoms with Crippen molar-refractivity contribution in [1.29, 1.82) is 0 Å². The van der Waals surface area contributed by atoms with Crippen LogP contribution >= 0.6 is 11.6 Å². The number of sulfonamides is 1. The van der Waals surface area contributed by atoms with Crippen molar-refractivity contribution in [3.05, 3.63) is 87.9 Å². The molecular formula is C33H41ClN4O5S. The fourth-order valence-corrected chi connectivity index (χ4v) is 7.16. The Kier molecular flexibility index (Phi) is 10.8. The highest BCUT2D eigenvalue weighted by Gasteiger charge is 2.32. The van der Waals surface area contributed by atoms with E-state index in [1.807, 2.05) is 54.3 Å². The largest absolute Gasteiger partial charge is 0.491 e. The molecule has 1 fully saturated rings. The molecule has 1 aliphatic carbocycles. The zero-order chi connectivity index (χ0) is 31.1. The van der Waals surface area contributed by atoms with E-state index in [2.05, 4.69) is 14.9 Å². The quantitative estimate of drug-likeness (QED) is 0.269. The van der Waals surface area contributed by atoms with Gasteiger partial charge >= 0.3 is 0 Å². The van der Waals surface area contributed by atoms with Gasteiger partial charge in [-0.25, -0.2) is 13.1 Å². The van der Waals surface area contributed by atoms with Crippen molar-refractivity contribution < 1.29 is 22.7 Å². The van der Waals surface area contributed by atoms with Crippen molar-refractivity contribution in [1.82, 2.24) is 14.9 Å². The molecule has 1 saturated heterocycles. The molecule has 1 unspecified atom stereocenters. The lowest BCUT2D eigenvalue weighted by atomic mass is 10.1. The summed E-state index contributed by atoms with van der Waals surface area (Å²) in [5, 5.41) is 3.92. The third-order valence-electron chi connectivity index (χ3n) is 8.15. The number of piperazine rings is 1. The van der Waals surface area contributed by atoms with Gasteiger partial charge in [-0.05, 0) is 85.0 Å². The molecule has 11 heteroatoms. The average molecular weight is 641 g/mol. The smallest absolute Gasteiger partial charge is 0.254 e. The monoisotopic (exact) mass is 640 g/mol. The van der Waals surface area contributed by atoms with Gasteiger partial charge in [-0.15, -0.1) is 0 Å². The predicted octanol–water partition coefficient (Wildman–Crippen LogP) is 4.27. The zero-order valence-corrected chi connectivity index (χ0v) is 26.9. The summed E-state index contributed by atoms with van der Waals surface area (Å²) >= 11 is 6.42. The first-order valence-corrected chi connectivity index (χ1v) is 17.0. The summed E-state index contributed by atoms with van der Waals surface area (Å²) in [7, 11) is -1.99. The van der Waals surface area contributed by atoms with Crippen molar-refractivity contribution in [2.45, 2.75) is 43.7 Å². The predicted molar refractivity (Wildman–Crippen MR) is 173 cm³/mol. The lowest BCUT2D eigenvalue weighted by Crippen LogP contribution is -2.43. The van der Waals surface area contributed by atoms with Gasteiger partial charge in [0.2, 0.25) is 10.0 Å². The molecule has 3 aromatic carbocycles. The van der Waals surface area contributed by atoms with Gasteiger partial charge in [0, 0.05) is 74.3 Å². The summed E-state index contributed by atoms with van der Waals surface area (Å²) in [4.78, 5) is 18.7. The molecule has 0 aromatic heterocycles. The second kappa shape index (κ2) is 14.8. The van der Waals surface area contributed by atoms with Crippen LogP contribution in [-0.2, 0) is 34.1 Å². The Hall–Kier alpha value is -3.15. The number of nitrogens with zero attached hydrogens (tertiary/aromatic N) is 2. The van der Waals surface area contributed by atoms with E-state index in [1.165, 1.54) is 0 Å². The average Bonchev–Trinajstić information content (AvgIpc) is 3.47. The van der Waals surface area contributed by atoms with E-state index >= 15 is 0 Å². The maximum atomic E-state index is 14.3. The number of halogens is 1. The van der Waals surface area contributed by atoms with Crippen molar-refractivity contribution >= 4 is 33.2 Å². The third-order valence-corrected chi connectivity index (χ3v) is 9.84. The zero-order valence-electron chi connectivity index (χ0n) is 25.4. The lowest BCUT2D eigenvalue weighted by molar-refractivity contribution is 0.0665. The minimum Gasteiger partial charge on any atom is -0.491 e. The summed E-state index contributed by atoms with van der Waals surface area (Å²) in [5.74, 6) is 0.541. The molecule has 0 bridgehead atoms. The van der Waals surface area contributed by atoms with Gasteiger partial charge in [0.1, 0.15) is 12.4 Å². The molecule has 5 rings (SSSR count). The number of anilines is 1. The normalized spacial score (nSPS) is 16.5. The molecule has 2 N–H and O–H groups in total. The van der Waals surface area contributed by atoms with Crippen molar-refractivity contribution in [3.63, 3.8) is 0 Å². The molecule has 1 atom stereocenters. The lowest BCUT2D eigenvalue weighted by Gasteiger charge is -2.31. The van der Waals surface area contributed by atoms with Crippen LogP contribution in [0.5, 0.6) is 5.75 Å². The minimum atomic E-state index is -3.60. The van der Waals surface area contributed by atoms with E-state index in [0.717, 1.165) is 48.6 Å². The topological polar surface area (TPSA) is 100 Å². The van der Waals surface area contributed by atoms with E-state index in [4.69, 9.17) is 21.1 Å². The standard InChI is InChI=1S/C33H41ClN4O5S/c1-3-12-36-44(40,41)31-10-6-25-20-30(21-26(25)22-31)38(23-27-19-28(34)7-11-32(27)43-18-17-42-2)33(39)24-4-8-29(9-5-24)37-15-13-35-14-16-37/h4-11,19,22,30,35-36H,3,12-18,20-21,23H2,1-2H3. The number of hydrogen-bond donors (Lipinski definition) is 2. The summed E-state index contributed by atoms with van der Waals surface area (Å²) in [6.45, 7) is 7.10. The van der Waals surface area contributed by atoms with Gasteiger partial charge in [-0.3, -0.25) is 4.79 Å². The van der Waals surface area contributed by atoms with E-state index < -0.39 is 10.0 Å². The third kappa shape index (κ3) is 7.73. The van der Waals surface area contributed by atoms with Crippen LogP contribution in [0, 0.1) is 0 Å². The number of methoxy groups -OCH3 is 1. The first kappa shape index (κ1) is 32.2. The van der Waals surface area contributed by atoms with Crippen LogP contribution in [-0.4, -0.2) is 78.3 Å². The maximum Gasteiger partial charge on any atom is 0.254 e. The number of ether oxygens (including phenoxy) is 2. The van der Waals surface area contributed by atoms with E-state index in [-0.39, 0.29) is 23.4 Å². The molecule has 1 aliphatic heterocycles. The SMILES string of the molecule is CCCNS(=O)(=O)c1ccc2c(c1)CC(N(Cc1cc(Cl)ccc1OCCOC)C(=O)c1ccc(N3CCNCC3)cc1)C2. The van der Waals surface area contributed by atoms with Gasteiger partial charge in [0.05, 0.1) is 11.5 Å². The fraction of sp³-hybridized carbons (Fsp3) is 0.424. The van der Waals surface area contributed by atoms with Crippen LogP contribution in [0.3, 0.4) is 0 Å². The van der Waals surface area contributed by atoms with E-state index in [1.54, 1.807) is 25.3 Å². The second-order valence-electron chi connectivity index (χ2n) is 11.2. The van der Waals surface area contributed by atoms with Crippen molar-refractivity contribution in [2.75, 3.05) is 57.9 Å². The number of hydrogen-bond acceptors (Lipinski definition) is 7. The number of nitrogens with one attached hydrogen (secondary N) is 2. The molecule has 44 heavy (non-hydrogen) atoms. The Bertz CT molecular complexity index is 1540. The summed E-state index contributed by atoms with van der Waals surface area (Å²) in [5.41, 5.74) is 4.46. The number of carbonyl (C=O) groups excluding carboxylic acids is 1. The van der Waals surface area contributed by atoms with Crippen molar-refractivity contribution in [3.8, 4) is 5.75 Å². The molecule has 1 heterocycles. The molecular weight excluding hydrogens is 600 g/mol. The van der Waals surface area contributed by atoms with Crippen LogP contribution in [0.15, 0.2) is 65.6 Å². The number of rotatable bonds is 13. The first-order chi connectivity index (χ1) is 21.3. The molecule has 0 spiro atoms. The van der Waals surface area contributed by atoms with E-state index in [0.29, 0.717) is 55.4 Å². The highest BCUT2D eigenvalue weighted by Crippen LogP contribution is 2.32. The summed E-state index contributed by atoms with van der Waals surface area (Å²) in [6, 6.07) is 18.3. The van der Waals surface area contributed by atoms with Gasteiger partial charge in [-0.1, -0.05) is 24.6 Å². The highest BCUT2D eigenvalue weighted by atomic mass is 35.5. The van der Waals surface area contributed by atoms with Gasteiger partial charge in [0.25, 0.3) is 5.91 Å². The Morgan fingerprint density at radius 1 is 1.02 bits per heavy atom. The van der Waals surface area contributed by atoms with Crippen LogP contribution in [0.4, 0.5) is 5.69 Å².